The molecule has 1 N–H and O–H groups in total. The third-order valence-corrected chi connectivity index (χ3v) is 2.60. The summed E-state index contributed by atoms with van der Waals surface area (Å²) in [6, 6.07) is 8.39. The molecule has 1 aromatic heterocycles. The van der Waals surface area contributed by atoms with Gasteiger partial charge in [0.1, 0.15) is 11.5 Å². The Labute approximate surface area is 94.8 Å². The molecule has 0 unspecified atom stereocenters. The molecule has 0 saturated carbocycles. The van der Waals surface area contributed by atoms with Gasteiger partial charge in [-0.3, -0.25) is 0 Å². The van der Waals surface area contributed by atoms with Gasteiger partial charge >= 0.3 is 0 Å². The van der Waals surface area contributed by atoms with Crippen molar-refractivity contribution in [3.63, 3.8) is 0 Å². The first-order valence-corrected chi connectivity index (χ1v) is 5.37. The number of aromatic nitrogens is 1. The summed E-state index contributed by atoms with van der Waals surface area (Å²) in [5, 5.41) is 9.03. The van der Waals surface area contributed by atoms with Crippen LogP contribution in [0.2, 0.25) is 0 Å². The van der Waals surface area contributed by atoms with Crippen LogP contribution in [0.1, 0.15) is 22.6 Å². The first-order valence-electron chi connectivity index (χ1n) is 5.37. The molecule has 0 aliphatic carbocycles. The van der Waals surface area contributed by atoms with Crippen molar-refractivity contribution < 1.29 is 9.52 Å². The number of benzene rings is 1. The molecular formula is C13H15NO2. The molecule has 3 nitrogen and oxygen atoms in total. The molecule has 84 valence electrons. The summed E-state index contributed by atoms with van der Waals surface area (Å²) in [7, 11) is 0. The molecule has 2 aromatic rings. The topological polar surface area (TPSA) is 46.3 Å². The predicted octanol–water partition coefficient (Wildman–Crippen LogP) is 2.26. The van der Waals surface area contributed by atoms with Crippen molar-refractivity contribution in [1.29, 1.82) is 0 Å². The van der Waals surface area contributed by atoms with Crippen LogP contribution in [0.4, 0.5) is 0 Å². The van der Waals surface area contributed by atoms with Crippen molar-refractivity contribution >= 4 is 0 Å². The van der Waals surface area contributed by atoms with E-state index in [1.54, 1.807) is 0 Å². The smallest absolute Gasteiger partial charge is 0.181 e. The Kier molecular flexibility index (Phi) is 3.37. The largest absolute Gasteiger partial charge is 0.448 e. The van der Waals surface area contributed by atoms with Gasteiger partial charge in [0, 0.05) is 6.42 Å². The van der Waals surface area contributed by atoms with Gasteiger partial charge in [-0.25, -0.2) is 4.98 Å². The summed E-state index contributed by atoms with van der Waals surface area (Å²) in [5.74, 6) is 0.781. The quantitative estimate of drug-likeness (QED) is 0.854. The van der Waals surface area contributed by atoms with E-state index in [-0.39, 0.29) is 6.61 Å². The van der Waals surface area contributed by atoms with Crippen LogP contribution in [0.5, 0.6) is 0 Å². The molecule has 16 heavy (non-hydrogen) atoms. The van der Waals surface area contributed by atoms with Crippen molar-refractivity contribution in [1.82, 2.24) is 4.98 Å². The van der Waals surface area contributed by atoms with E-state index in [9.17, 15) is 0 Å². The van der Waals surface area contributed by atoms with Crippen LogP contribution in [0, 0.1) is 6.92 Å². The number of oxazole rings is 1. The highest BCUT2D eigenvalue weighted by Gasteiger charge is 2.06. The second-order valence-electron chi connectivity index (χ2n) is 3.87. The molecule has 0 fully saturated rings. The highest BCUT2D eigenvalue weighted by atomic mass is 16.3. The zero-order valence-corrected chi connectivity index (χ0v) is 9.31. The summed E-state index contributed by atoms with van der Waals surface area (Å²) in [6.07, 6.45) is 3.07. The molecule has 0 saturated heterocycles. The third kappa shape index (κ3) is 2.49. The minimum Gasteiger partial charge on any atom is -0.448 e. The Bertz CT molecular complexity index is 462. The van der Waals surface area contributed by atoms with Crippen LogP contribution in [-0.4, -0.2) is 10.1 Å². The van der Waals surface area contributed by atoms with Crippen LogP contribution < -0.4 is 0 Å². The average Bonchev–Trinajstić information content (AvgIpc) is 2.74. The Morgan fingerprint density at radius 3 is 2.94 bits per heavy atom. The van der Waals surface area contributed by atoms with E-state index in [1.165, 1.54) is 17.5 Å². The van der Waals surface area contributed by atoms with Crippen molar-refractivity contribution in [3.05, 3.63) is 53.2 Å². The van der Waals surface area contributed by atoms with E-state index < -0.39 is 0 Å². The van der Waals surface area contributed by atoms with E-state index >= 15 is 0 Å². The predicted molar refractivity (Wildman–Crippen MR) is 61.0 cm³/mol. The Morgan fingerprint density at radius 1 is 1.31 bits per heavy atom. The van der Waals surface area contributed by atoms with Gasteiger partial charge in [-0.05, 0) is 18.9 Å². The van der Waals surface area contributed by atoms with Gasteiger partial charge in [-0.2, -0.15) is 0 Å². The average molecular weight is 217 g/mol. The van der Waals surface area contributed by atoms with E-state index in [0.29, 0.717) is 5.69 Å². The third-order valence-electron chi connectivity index (χ3n) is 2.60. The van der Waals surface area contributed by atoms with Gasteiger partial charge < -0.3 is 9.52 Å². The fourth-order valence-corrected chi connectivity index (χ4v) is 1.75. The first-order chi connectivity index (χ1) is 7.79. The van der Waals surface area contributed by atoms with Crippen molar-refractivity contribution in [3.8, 4) is 0 Å². The molecular weight excluding hydrogens is 202 g/mol. The SMILES string of the molecule is Cc1cccc(CCc2ocnc2CO)c1. The lowest BCUT2D eigenvalue weighted by Gasteiger charge is -2.01. The summed E-state index contributed by atoms with van der Waals surface area (Å²) in [4.78, 5) is 3.95. The standard InChI is InChI=1S/C13H15NO2/c1-10-3-2-4-11(7-10)5-6-13-12(8-15)14-9-16-13/h2-4,7,9,15H,5-6,8H2,1H3. The van der Waals surface area contributed by atoms with Crippen molar-refractivity contribution in [2.45, 2.75) is 26.4 Å². The van der Waals surface area contributed by atoms with E-state index in [4.69, 9.17) is 9.52 Å². The molecule has 0 atom stereocenters. The van der Waals surface area contributed by atoms with Crippen molar-refractivity contribution in [2.24, 2.45) is 0 Å². The second kappa shape index (κ2) is 4.94. The monoisotopic (exact) mass is 217 g/mol. The fraction of sp³-hybridized carbons (Fsp3) is 0.308. The Morgan fingerprint density at radius 2 is 2.19 bits per heavy atom. The molecule has 0 radical (unpaired) electrons. The second-order valence-corrected chi connectivity index (χ2v) is 3.87. The van der Waals surface area contributed by atoms with Gasteiger partial charge in [0.05, 0.1) is 6.61 Å². The van der Waals surface area contributed by atoms with Gasteiger partial charge in [0.15, 0.2) is 6.39 Å². The fourth-order valence-electron chi connectivity index (χ4n) is 1.75. The van der Waals surface area contributed by atoms with Crippen LogP contribution in [-0.2, 0) is 19.4 Å². The van der Waals surface area contributed by atoms with Crippen LogP contribution in [0.3, 0.4) is 0 Å². The first kappa shape index (κ1) is 10.9. The number of aliphatic hydroxyl groups excluding tert-OH is 1. The number of aliphatic hydroxyl groups is 1. The van der Waals surface area contributed by atoms with Gasteiger partial charge in [-0.1, -0.05) is 29.8 Å². The zero-order chi connectivity index (χ0) is 11.4. The van der Waals surface area contributed by atoms with E-state index in [1.807, 2.05) is 0 Å². The van der Waals surface area contributed by atoms with Crippen LogP contribution >= 0.6 is 0 Å². The normalized spacial score (nSPS) is 10.6. The number of aryl methyl sites for hydroxylation is 3. The number of nitrogens with zero attached hydrogens (tertiary/aromatic N) is 1. The zero-order valence-electron chi connectivity index (χ0n) is 9.31. The molecule has 0 aliphatic heterocycles. The summed E-state index contributed by atoms with van der Waals surface area (Å²) < 4.78 is 5.24. The lowest BCUT2D eigenvalue weighted by molar-refractivity contribution is 0.274. The molecule has 0 aliphatic rings. The maximum Gasteiger partial charge on any atom is 0.181 e. The molecule has 0 bridgehead atoms. The van der Waals surface area contributed by atoms with Gasteiger partial charge in [-0.15, -0.1) is 0 Å². The van der Waals surface area contributed by atoms with Gasteiger partial charge in [0.2, 0.25) is 0 Å². The van der Waals surface area contributed by atoms with Crippen LogP contribution in [0.25, 0.3) is 0 Å². The summed E-state index contributed by atoms with van der Waals surface area (Å²) >= 11 is 0. The Balaban J connectivity index is 2.02. The number of rotatable bonds is 4. The highest BCUT2D eigenvalue weighted by Crippen LogP contribution is 2.12. The molecule has 0 spiro atoms. The molecule has 3 heteroatoms. The van der Waals surface area contributed by atoms with Crippen molar-refractivity contribution in [2.75, 3.05) is 0 Å². The minimum atomic E-state index is -0.0559. The number of hydrogen-bond acceptors (Lipinski definition) is 3. The molecule has 0 amide bonds. The Hall–Kier alpha value is -1.61. The lowest BCUT2D eigenvalue weighted by Crippen LogP contribution is -1.95. The van der Waals surface area contributed by atoms with Gasteiger partial charge in [0.25, 0.3) is 0 Å². The molecule has 2 rings (SSSR count). The van der Waals surface area contributed by atoms with Crippen LogP contribution in [0.15, 0.2) is 35.1 Å². The maximum atomic E-state index is 9.03. The molecule has 1 aromatic carbocycles. The summed E-state index contributed by atoms with van der Waals surface area (Å²) in [6.45, 7) is 2.02. The molecule has 1 heterocycles. The minimum absolute atomic E-state index is 0.0559. The lowest BCUT2D eigenvalue weighted by atomic mass is 10.1. The number of hydrogen-bond donors (Lipinski definition) is 1. The summed E-state index contributed by atoms with van der Waals surface area (Å²) in [5.41, 5.74) is 3.19. The highest BCUT2D eigenvalue weighted by molar-refractivity contribution is 5.23. The van der Waals surface area contributed by atoms with E-state index in [0.717, 1.165) is 18.6 Å². The maximum absolute atomic E-state index is 9.03. The van der Waals surface area contributed by atoms with E-state index in [2.05, 4.69) is 36.2 Å².